The van der Waals surface area contributed by atoms with Crippen molar-refractivity contribution in [1.82, 2.24) is 20.5 Å². The summed E-state index contributed by atoms with van der Waals surface area (Å²) in [6.45, 7) is 6.81. The number of aromatic amines is 1. The monoisotopic (exact) mass is 501 g/mol. The molecule has 1 saturated heterocycles. The van der Waals surface area contributed by atoms with Gasteiger partial charge in [-0.3, -0.25) is 9.79 Å². The third-order valence-electron chi connectivity index (χ3n) is 4.91. The SMILES string of the molecule is CCNC(=NCCc1c[nH]c2ccc(F)cc12)NC1CCN(C(=O)CC)C1.I. The Morgan fingerprint density at radius 2 is 2.21 bits per heavy atom. The first-order chi connectivity index (χ1) is 13.1. The maximum Gasteiger partial charge on any atom is 0.222 e. The Labute approximate surface area is 182 Å². The summed E-state index contributed by atoms with van der Waals surface area (Å²) in [6.07, 6.45) is 4.13. The van der Waals surface area contributed by atoms with Crippen LogP contribution in [0.5, 0.6) is 0 Å². The van der Waals surface area contributed by atoms with Crippen molar-refractivity contribution in [2.75, 3.05) is 26.2 Å². The van der Waals surface area contributed by atoms with E-state index in [1.807, 2.05) is 24.9 Å². The molecule has 1 aliphatic rings. The number of halogens is 2. The van der Waals surface area contributed by atoms with Crippen LogP contribution in [0.4, 0.5) is 4.39 Å². The van der Waals surface area contributed by atoms with Gasteiger partial charge in [0.25, 0.3) is 0 Å². The number of fused-ring (bicyclic) bond motifs is 1. The summed E-state index contributed by atoms with van der Waals surface area (Å²) in [5.74, 6) is 0.737. The van der Waals surface area contributed by atoms with E-state index in [1.54, 1.807) is 12.1 Å². The van der Waals surface area contributed by atoms with E-state index in [4.69, 9.17) is 0 Å². The number of nitrogens with zero attached hydrogens (tertiary/aromatic N) is 2. The minimum Gasteiger partial charge on any atom is -0.361 e. The van der Waals surface area contributed by atoms with Crippen molar-refractivity contribution < 1.29 is 9.18 Å². The molecule has 1 unspecified atom stereocenters. The summed E-state index contributed by atoms with van der Waals surface area (Å²) in [4.78, 5) is 21.6. The number of hydrogen-bond donors (Lipinski definition) is 3. The minimum atomic E-state index is -0.228. The number of benzene rings is 1. The second-order valence-electron chi connectivity index (χ2n) is 6.84. The third kappa shape index (κ3) is 5.59. The fourth-order valence-corrected chi connectivity index (χ4v) is 3.49. The zero-order valence-corrected chi connectivity index (χ0v) is 18.8. The molecule has 1 aromatic heterocycles. The number of H-pyrrole nitrogens is 1. The molecule has 1 fully saturated rings. The molecule has 6 nitrogen and oxygen atoms in total. The van der Waals surface area contributed by atoms with Crippen LogP contribution in [0.15, 0.2) is 29.4 Å². The van der Waals surface area contributed by atoms with E-state index in [9.17, 15) is 9.18 Å². The molecule has 0 radical (unpaired) electrons. The summed E-state index contributed by atoms with van der Waals surface area (Å²) >= 11 is 0. The van der Waals surface area contributed by atoms with E-state index in [0.29, 0.717) is 13.0 Å². The van der Waals surface area contributed by atoms with Crippen molar-refractivity contribution in [3.63, 3.8) is 0 Å². The van der Waals surface area contributed by atoms with Gasteiger partial charge in [0.1, 0.15) is 5.82 Å². The van der Waals surface area contributed by atoms with E-state index < -0.39 is 0 Å². The molecular formula is C20H29FIN5O. The number of nitrogens with one attached hydrogen (secondary N) is 3. The van der Waals surface area contributed by atoms with E-state index in [0.717, 1.165) is 54.9 Å². The van der Waals surface area contributed by atoms with Crippen molar-refractivity contribution in [3.8, 4) is 0 Å². The summed E-state index contributed by atoms with van der Waals surface area (Å²) in [7, 11) is 0. The maximum absolute atomic E-state index is 13.5. The molecule has 1 atom stereocenters. The van der Waals surface area contributed by atoms with Crippen LogP contribution in [0.2, 0.25) is 0 Å². The summed E-state index contributed by atoms with van der Waals surface area (Å²) < 4.78 is 13.5. The lowest BCUT2D eigenvalue weighted by Gasteiger charge is -2.18. The first-order valence-corrected chi connectivity index (χ1v) is 9.68. The number of rotatable bonds is 6. The van der Waals surface area contributed by atoms with Gasteiger partial charge in [0.05, 0.1) is 0 Å². The van der Waals surface area contributed by atoms with Gasteiger partial charge in [0.2, 0.25) is 5.91 Å². The van der Waals surface area contributed by atoms with Gasteiger partial charge in [-0.05, 0) is 43.5 Å². The number of carbonyl (C=O) groups excluding carboxylic acids is 1. The molecule has 3 rings (SSSR count). The lowest BCUT2D eigenvalue weighted by Crippen LogP contribution is -2.45. The molecule has 1 aromatic carbocycles. The average Bonchev–Trinajstić information content (AvgIpc) is 3.28. The highest BCUT2D eigenvalue weighted by Crippen LogP contribution is 2.19. The van der Waals surface area contributed by atoms with Gasteiger partial charge < -0.3 is 20.5 Å². The Balaban J connectivity index is 0.00000280. The van der Waals surface area contributed by atoms with E-state index in [1.165, 1.54) is 6.07 Å². The van der Waals surface area contributed by atoms with Gasteiger partial charge in [-0.15, -0.1) is 24.0 Å². The van der Waals surface area contributed by atoms with Gasteiger partial charge in [0.15, 0.2) is 5.96 Å². The smallest absolute Gasteiger partial charge is 0.222 e. The predicted octanol–water partition coefficient (Wildman–Crippen LogP) is 3.03. The summed E-state index contributed by atoms with van der Waals surface area (Å²) in [5, 5.41) is 7.60. The number of aromatic nitrogens is 1. The third-order valence-corrected chi connectivity index (χ3v) is 4.91. The van der Waals surface area contributed by atoms with Gasteiger partial charge in [-0.2, -0.15) is 0 Å². The van der Waals surface area contributed by atoms with Crippen LogP contribution < -0.4 is 10.6 Å². The van der Waals surface area contributed by atoms with Crippen LogP contribution in [0.3, 0.4) is 0 Å². The number of aliphatic imine (C=N–C) groups is 1. The first kappa shape index (κ1) is 22.4. The molecule has 1 amide bonds. The lowest BCUT2D eigenvalue weighted by atomic mass is 10.1. The normalized spacial score (nSPS) is 16.9. The molecule has 0 saturated carbocycles. The highest BCUT2D eigenvalue weighted by molar-refractivity contribution is 14.0. The quantitative estimate of drug-likeness (QED) is 0.324. The Morgan fingerprint density at radius 1 is 1.39 bits per heavy atom. The molecule has 3 N–H and O–H groups in total. The number of likely N-dealkylation sites (tertiary alicyclic amines) is 1. The first-order valence-electron chi connectivity index (χ1n) is 9.68. The van der Waals surface area contributed by atoms with Gasteiger partial charge in [-0.1, -0.05) is 6.92 Å². The molecule has 0 bridgehead atoms. The average molecular weight is 501 g/mol. The van der Waals surface area contributed by atoms with Gasteiger partial charge >= 0.3 is 0 Å². The highest BCUT2D eigenvalue weighted by Gasteiger charge is 2.25. The zero-order valence-electron chi connectivity index (χ0n) is 16.4. The van der Waals surface area contributed by atoms with Crippen molar-refractivity contribution in [3.05, 3.63) is 35.8 Å². The standard InChI is InChI=1S/C20H28FN5O.HI/c1-3-19(27)26-10-8-16(13-26)25-20(22-4-2)23-9-7-14-12-24-18-6-5-15(21)11-17(14)18;/h5-6,11-12,16,24H,3-4,7-10,13H2,1-2H3,(H2,22,23,25);1H. The molecule has 8 heteroatoms. The summed E-state index contributed by atoms with van der Waals surface area (Å²) in [5.41, 5.74) is 2.00. The molecule has 2 heterocycles. The van der Waals surface area contributed by atoms with Crippen LogP contribution in [0, 0.1) is 5.82 Å². The van der Waals surface area contributed by atoms with Gasteiger partial charge in [0, 0.05) is 55.7 Å². The minimum absolute atomic E-state index is 0. The van der Waals surface area contributed by atoms with Crippen molar-refractivity contribution in [2.24, 2.45) is 4.99 Å². The zero-order chi connectivity index (χ0) is 19.2. The van der Waals surface area contributed by atoms with Crippen LogP contribution in [-0.4, -0.2) is 54.0 Å². The number of amides is 1. The molecule has 0 aliphatic carbocycles. The van der Waals surface area contributed by atoms with Crippen LogP contribution in [-0.2, 0) is 11.2 Å². The molecule has 0 spiro atoms. The topological polar surface area (TPSA) is 72.5 Å². The van der Waals surface area contributed by atoms with Crippen molar-refractivity contribution in [1.29, 1.82) is 0 Å². The molecule has 154 valence electrons. The Hall–Kier alpha value is -1.84. The molecular weight excluding hydrogens is 472 g/mol. The predicted molar refractivity (Wildman–Crippen MR) is 122 cm³/mol. The van der Waals surface area contributed by atoms with E-state index >= 15 is 0 Å². The largest absolute Gasteiger partial charge is 0.361 e. The van der Waals surface area contributed by atoms with Crippen molar-refractivity contribution in [2.45, 2.75) is 39.2 Å². The van der Waals surface area contributed by atoms with Crippen LogP contribution in [0.25, 0.3) is 10.9 Å². The van der Waals surface area contributed by atoms with Crippen LogP contribution >= 0.6 is 24.0 Å². The lowest BCUT2D eigenvalue weighted by molar-refractivity contribution is -0.129. The number of hydrogen-bond acceptors (Lipinski definition) is 2. The Kier molecular flexibility index (Phi) is 8.53. The fraction of sp³-hybridized carbons (Fsp3) is 0.500. The molecule has 1 aliphatic heterocycles. The van der Waals surface area contributed by atoms with Crippen LogP contribution in [0.1, 0.15) is 32.3 Å². The molecule has 28 heavy (non-hydrogen) atoms. The van der Waals surface area contributed by atoms with E-state index in [-0.39, 0.29) is 41.7 Å². The number of guanidine groups is 1. The Morgan fingerprint density at radius 3 is 2.96 bits per heavy atom. The summed E-state index contributed by atoms with van der Waals surface area (Å²) in [6, 6.07) is 5.00. The second-order valence-corrected chi connectivity index (χ2v) is 6.84. The highest BCUT2D eigenvalue weighted by atomic mass is 127. The van der Waals surface area contributed by atoms with Gasteiger partial charge in [-0.25, -0.2) is 4.39 Å². The number of carbonyl (C=O) groups is 1. The maximum atomic E-state index is 13.5. The molecule has 2 aromatic rings. The Bertz CT molecular complexity index is 822. The van der Waals surface area contributed by atoms with E-state index in [2.05, 4.69) is 20.6 Å². The fourth-order valence-electron chi connectivity index (χ4n) is 3.49. The second kappa shape index (κ2) is 10.6. The van der Waals surface area contributed by atoms with Crippen molar-refractivity contribution >= 4 is 46.7 Å².